The SMILES string of the molecule is COc1ccc(-n2cnnc2SCC(=O)Nc2cccc(CN(C)C(C)=O)c2)cc1. The number of carbonyl (C=O) groups excluding carboxylic acids is 2. The van der Waals surface area contributed by atoms with Crippen LogP contribution in [-0.4, -0.2) is 51.4 Å². The van der Waals surface area contributed by atoms with Crippen molar-refractivity contribution in [2.75, 3.05) is 25.2 Å². The quantitative estimate of drug-likeness (QED) is 0.558. The predicted octanol–water partition coefficient (Wildman–Crippen LogP) is 2.99. The predicted molar refractivity (Wildman–Crippen MR) is 116 cm³/mol. The number of benzene rings is 2. The molecule has 2 aromatic carbocycles. The van der Waals surface area contributed by atoms with Gasteiger partial charge in [-0.25, -0.2) is 0 Å². The van der Waals surface area contributed by atoms with Crippen LogP contribution in [0.25, 0.3) is 5.69 Å². The van der Waals surface area contributed by atoms with Gasteiger partial charge in [0.15, 0.2) is 5.16 Å². The second kappa shape index (κ2) is 9.93. The largest absolute Gasteiger partial charge is 0.497 e. The number of hydrogen-bond donors (Lipinski definition) is 1. The molecule has 0 unspecified atom stereocenters. The number of carbonyl (C=O) groups is 2. The van der Waals surface area contributed by atoms with Gasteiger partial charge in [0, 0.05) is 31.9 Å². The number of anilines is 1. The van der Waals surface area contributed by atoms with E-state index in [9.17, 15) is 9.59 Å². The summed E-state index contributed by atoms with van der Waals surface area (Å²) in [6, 6.07) is 15.0. The average Bonchev–Trinajstić information content (AvgIpc) is 3.21. The minimum Gasteiger partial charge on any atom is -0.497 e. The Balaban J connectivity index is 1.59. The normalized spacial score (nSPS) is 10.5. The summed E-state index contributed by atoms with van der Waals surface area (Å²) in [7, 11) is 3.36. The molecule has 1 aromatic heterocycles. The molecule has 0 fully saturated rings. The lowest BCUT2D eigenvalue weighted by Gasteiger charge is -2.15. The van der Waals surface area contributed by atoms with E-state index in [1.165, 1.54) is 18.7 Å². The minimum absolute atomic E-state index is 0.0122. The lowest BCUT2D eigenvalue weighted by atomic mass is 10.2. The Kier molecular flexibility index (Phi) is 7.08. The summed E-state index contributed by atoms with van der Waals surface area (Å²) in [5.74, 6) is 0.784. The Morgan fingerprint density at radius 1 is 1.20 bits per heavy atom. The Hall–Kier alpha value is -3.33. The van der Waals surface area contributed by atoms with Crippen LogP contribution in [0, 0.1) is 0 Å². The number of aromatic nitrogens is 3. The van der Waals surface area contributed by atoms with Crippen LogP contribution in [0.5, 0.6) is 5.75 Å². The van der Waals surface area contributed by atoms with Crippen LogP contribution < -0.4 is 10.1 Å². The third kappa shape index (κ3) is 5.60. The van der Waals surface area contributed by atoms with E-state index in [-0.39, 0.29) is 17.6 Å². The van der Waals surface area contributed by atoms with Crippen molar-refractivity contribution in [3.63, 3.8) is 0 Å². The maximum atomic E-state index is 12.4. The molecule has 0 atom stereocenters. The molecule has 1 N–H and O–H groups in total. The zero-order valence-electron chi connectivity index (χ0n) is 17.0. The number of thioether (sulfide) groups is 1. The number of rotatable bonds is 8. The summed E-state index contributed by atoms with van der Waals surface area (Å²) in [4.78, 5) is 25.4. The molecule has 8 nitrogen and oxygen atoms in total. The first kappa shape index (κ1) is 21.4. The highest BCUT2D eigenvalue weighted by Crippen LogP contribution is 2.22. The van der Waals surface area contributed by atoms with Crippen molar-refractivity contribution in [3.05, 3.63) is 60.4 Å². The van der Waals surface area contributed by atoms with Crippen molar-refractivity contribution in [3.8, 4) is 11.4 Å². The monoisotopic (exact) mass is 425 g/mol. The van der Waals surface area contributed by atoms with E-state index in [1.807, 2.05) is 53.1 Å². The van der Waals surface area contributed by atoms with Crippen LogP contribution in [-0.2, 0) is 16.1 Å². The number of methoxy groups -OCH3 is 1. The first-order chi connectivity index (χ1) is 14.5. The van der Waals surface area contributed by atoms with Crippen LogP contribution in [0.15, 0.2) is 60.0 Å². The van der Waals surface area contributed by atoms with E-state index in [0.29, 0.717) is 17.4 Å². The third-order valence-electron chi connectivity index (χ3n) is 4.37. The molecular weight excluding hydrogens is 402 g/mol. The molecule has 0 aliphatic carbocycles. The smallest absolute Gasteiger partial charge is 0.234 e. The summed E-state index contributed by atoms with van der Waals surface area (Å²) < 4.78 is 6.99. The van der Waals surface area contributed by atoms with Crippen LogP contribution in [0.1, 0.15) is 12.5 Å². The van der Waals surface area contributed by atoms with Crippen molar-refractivity contribution >= 4 is 29.3 Å². The fraction of sp³-hybridized carbons (Fsp3) is 0.238. The highest BCUT2D eigenvalue weighted by atomic mass is 32.2. The topological polar surface area (TPSA) is 89.3 Å². The first-order valence-corrected chi connectivity index (χ1v) is 10.2. The van der Waals surface area contributed by atoms with Gasteiger partial charge in [-0.1, -0.05) is 23.9 Å². The maximum Gasteiger partial charge on any atom is 0.234 e. The minimum atomic E-state index is -0.152. The maximum absolute atomic E-state index is 12.4. The Morgan fingerprint density at radius 2 is 1.97 bits per heavy atom. The van der Waals surface area contributed by atoms with E-state index in [4.69, 9.17) is 4.74 Å². The van der Waals surface area contributed by atoms with Crippen LogP contribution >= 0.6 is 11.8 Å². The van der Waals surface area contributed by atoms with Crippen molar-refractivity contribution in [2.24, 2.45) is 0 Å². The summed E-state index contributed by atoms with van der Waals surface area (Å²) in [5, 5.41) is 11.6. The highest BCUT2D eigenvalue weighted by molar-refractivity contribution is 7.99. The van der Waals surface area contributed by atoms with Gasteiger partial charge < -0.3 is 15.0 Å². The molecule has 0 bridgehead atoms. The molecule has 0 aliphatic rings. The summed E-state index contributed by atoms with van der Waals surface area (Å²) in [6.45, 7) is 2.01. The van der Waals surface area contributed by atoms with Gasteiger partial charge in [-0.2, -0.15) is 0 Å². The molecular formula is C21H23N5O3S. The zero-order valence-corrected chi connectivity index (χ0v) is 17.8. The molecule has 0 spiro atoms. The number of hydrogen-bond acceptors (Lipinski definition) is 6. The van der Waals surface area contributed by atoms with Crippen LogP contribution in [0.4, 0.5) is 5.69 Å². The second-order valence-electron chi connectivity index (χ2n) is 6.59. The van der Waals surface area contributed by atoms with Gasteiger partial charge in [-0.05, 0) is 42.0 Å². The van der Waals surface area contributed by atoms with Gasteiger partial charge in [0.1, 0.15) is 12.1 Å². The van der Waals surface area contributed by atoms with Crippen molar-refractivity contribution in [1.29, 1.82) is 0 Å². The molecule has 0 saturated heterocycles. The van der Waals surface area contributed by atoms with Crippen LogP contribution in [0.3, 0.4) is 0 Å². The van der Waals surface area contributed by atoms with Gasteiger partial charge in [-0.3, -0.25) is 14.2 Å². The molecule has 9 heteroatoms. The van der Waals surface area contributed by atoms with E-state index < -0.39 is 0 Å². The van der Waals surface area contributed by atoms with E-state index in [0.717, 1.165) is 17.0 Å². The summed E-state index contributed by atoms with van der Waals surface area (Å²) in [5.41, 5.74) is 2.51. The molecule has 30 heavy (non-hydrogen) atoms. The van der Waals surface area contributed by atoms with Gasteiger partial charge in [-0.15, -0.1) is 10.2 Å². The van der Waals surface area contributed by atoms with Crippen LogP contribution in [0.2, 0.25) is 0 Å². The van der Waals surface area contributed by atoms with Gasteiger partial charge >= 0.3 is 0 Å². The van der Waals surface area contributed by atoms with Crippen molar-refractivity contribution in [1.82, 2.24) is 19.7 Å². The Bertz CT molecular complexity index is 1020. The highest BCUT2D eigenvalue weighted by Gasteiger charge is 2.11. The van der Waals surface area contributed by atoms with Crippen molar-refractivity contribution in [2.45, 2.75) is 18.6 Å². The Morgan fingerprint density at radius 3 is 2.67 bits per heavy atom. The lowest BCUT2D eigenvalue weighted by molar-refractivity contribution is -0.128. The van der Waals surface area contributed by atoms with Crippen molar-refractivity contribution < 1.29 is 14.3 Å². The van der Waals surface area contributed by atoms with E-state index in [1.54, 1.807) is 25.4 Å². The molecule has 3 rings (SSSR count). The van der Waals surface area contributed by atoms with E-state index >= 15 is 0 Å². The fourth-order valence-electron chi connectivity index (χ4n) is 2.70. The van der Waals surface area contributed by atoms with Gasteiger partial charge in [0.2, 0.25) is 11.8 Å². The molecule has 0 radical (unpaired) electrons. The molecule has 0 saturated carbocycles. The fourth-order valence-corrected chi connectivity index (χ4v) is 3.43. The number of amides is 2. The third-order valence-corrected chi connectivity index (χ3v) is 5.31. The average molecular weight is 426 g/mol. The zero-order chi connectivity index (χ0) is 21.5. The molecule has 0 aliphatic heterocycles. The molecule has 1 heterocycles. The molecule has 2 amide bonds. The lowest BCUT2D eigenvalue weighted by Crippen LogP contribution is -2.23. The summed E-state index contributed by atoms with van der Waals surface area (Å²) in [6.07, 6.45) is 1.61. The summed E-state index contributed by atoms with van der Waals surface area (Å²) >= 11 is 1.30. The Labute approximate surface area is 179 Å². The number of nitrogens with one attached hydrogen (secondary N) is 1. The number of ether oxygens (including phenoxy) is 1. The molecule has 3 aromatic rings. The number of nitrogens with zero attached hydrogens (tertiary/aromatic N) is 4. The van der Waals surface area contributed by atoms with Gasteiger partial charge in [0.25, 0.3) is 0 Å². The van der Waals surface area contributed by atoms with E-state index in [2.05, 4.69) is 15.5 Å². The molecule has 156 valence electrons. The second-order valence-corrected chi connectivity index (χ2v) is 7.54. The standard InChI is InChI=1S/C21H23N5O3S/c1-15(27)25(2)12-16-5-4-6-17(11-16)23-20(28)13-30-21-24-22-14-26(21)18-7-9-19(29-3)10-8-18/h4-11,14H,12-13H2,1-3H3,(H,23,28). The first-order valence-electron chi connectivity index (χ1n) is 9.24. The van der Waals surface area contributed by atoms with Gasteiger partial charge in [0.05, 0.1) is 12.9 Å².